The van der Waals surface area contributed by atoms with Crippen molar-refractivity contribution in [2.45, 2.75) is 34.5 Å². The van der Waals surface area contributed by atoms with Gasteiger partial charge in [0.05, 0.1) is 16.4 Å². The van der Waals surface area contributed by atoms with E-state index < -0.39 is 5.41 Å². The van der Waals surface area contributed by atoms with E-state index in [-0.39, 0.29) is 5.41 Å². The molecule has 2 aliphatic rings. The first-order valence-corrected chi connectivity index (χ1v) is 18.1. The van der Waals surface area contributed by atoms with E-state index in [0.29, 0.717) is 0 Å². The van der Waals surface area contributed by atoms with Crippen LogP contribution in [-0.2, 0) is 10.8 Å². The van der Waals surface area contributed by atoms with Crippen LogP contribution in [-0.4, -0.2) is 9.55 Å². The summed E-state index contributed by atoms with van der Waals surface area (Å²) in [6.07, 6.45) is 0. The van der Waals surface area contributed by atoms with Crippen LogP contribution in [0.3, 0.4) is 0 Å². The molecule has 1 aliphatic heterocycles. The van der Waals surface area contributed by atoms with E-state index in [1.54, 1.807) is 0 Å². The van der Waals surface area contributed by atoms with Gasteiger partial charge in [-0.25, -0.2) is 4.98 Å². The molecule has 7 aromatic carbocycles. The summed E-state index contributed by atoms with van der Waals surface area (Å²) in [5, 5.41) is 0. The van der Waals surface area contributed by atoms with E-state index in [0.717, 1.165) is 28.1 Å². The number of rotatable bonds is 3. The van der Waals surface area contributed by atoms with Gasteiger partial charge in [0.15, 0.2) is 0 Å². The van der Waals surface area contributed by atoms with Gasteiger partial charge in [0.1, 0.15) is 5.82 Å². The van der Waals surface area contributed by atoms with Gasteiger partial charge in [-0.1, -0.05) is 147 Å². The van der Waals surface area contributed by atoms with Crippen LogP contribution < -0.4 is 0 Å². The molecule has 0 unspecified atom stereocenters. The molecule has 1 aliphatic carbocycles. The van der Waals surface area contributed by atoms with E-state index >= 15 is 0 Å². The smallest absolute Gasteiger partial charge is 0.145 e. The Balaban J connectivity index is 1.23. The molecule has 0 bridgehead atoms. The number of para-hydroxylation sites is 3. The SMILES string of the molecule is CC1(C)c2ccccc2C2(c3ccccc3Sc3ccccc32)c2cc(-c3cccc(-c4nc5ccccc5n4-c4ccccc4)c3)ccc21. The van der Waals surface area contributed by atoms with Gasteiger partial charge < -0.3 is 0 Å². The summed E-state index contributed by atoms with van der Waals surface area (Å²) in [6, 6.07) is 62.4. The molecule has 0 saturated heterocycles. The van der Waals surface area contributed by atoms with Gasteiger partial charge in [0.25, 0.3) is 0 Å². The molecule has 3 heteroatoms. The van der Waals surface area contributed by atoms with E-state index in [1.165, 1.54) is 54.3 Å². The highest BCUT2D eigenvalue weighted by atomic mass is 32.2. The number of nitrogens with zero attached hydrogens (tertiary/aromatic N) is 2. The largest absolute Gasteiger partial charge is 0.292 e. The Labute approximate surface area is 297 Å². The van der Waals surface area contributed by atoms with Crippen LogP contribution in [0, 0.1) is 0 Å². The van der Waals surface area contributed by atoms with Crippen LogP contribution in [0.4, 0.5) is 0 Å². The molecule has 0 saturated carbocycles. The van der Waals surface area contributed by atoms with Crippen molar-refractivity contribution in [2.75, 3.05) is 0 Å². The fourth-order valence-corrected chi connectivity index (χ4v) is 9.89. The van der Waals surface area contributed by atoms with Crippen LogP contribution in [0.25, 0.3) is 39.2 Å². The Hall–Kier alpha value is -5.64. The van der Waals surface area contributed by atoms with Crippen LogP contribution in [0.5, 0.6) is 0 Å². The maximum absolute atomic E-state index is 5.19. The number of hydrogen-bond donors (Lipinski definition) is 0. The molecule has 8 aromatic rings. The predicted molar refractivity (Wildman–Crippen MR) is 207 cm³/mol. The number of fused-ring (bicyclic) bond motifs is 9. The van der Waals surface area contributed by atoms with E-state index in [2.05, 4.69) is 188 Å². The van der Waals surface area contributed by atoms with Gasteiger partial charge in [0.2, 0.25) is 0 Å². The summed E-state index contributed by atoms with van der Waals surface area (Å²) < 4.78 is 2.28. The topological polar surface area (TPSA) is 17.8 Å². The zero-order chi connectivity index (χ0) is 33.5. The summed E-state index contributed by atoms with van der Waals surface area (Å²) in [6.45, 7) is 4.78. The Kier molecular flexibility index (Phi) is 6.40. The quantitative estimate of drug-likeness (QED) is 0.188. The van der Waals surface area contributed by atoms with Crippen molar-refractivity contribution in [1.29, 1.82) is 0 Å². The minimum atomic E-state index is -0.450. The minimum Gasteiger partial charge on any atom is -0.292 e. The van der Waals surface area contributed by atoms with Crippen molar-refractivity contribution in [2.24, 2.45) is 0 Å². The number of hydrogen-bond acceptors (Lipinski definition) is 2. The first kappa shape index (κ1) is 29.3. The second kappa shape index (κ2) is 10.9. The third-order valence-corrected chi connectivity index (χ3v) is 12.1. The van der Waals surface area contributed by atoms with Gasteiger partial charge in [0, 0.05) is 26.5 Å². The lowest BCUT2D eigenvalue weighted by molar-refractivity contribution is 0.549. The Bertz CT molecular complexity index is 2570. The summed E-state index contributed by atoms with van der Waals surface area (Å²) in [5.41, 5.74) is 14.2. The average Bonchev–Trinajstić information content (AvgIpc) is 3.57. The molecule has 2 nitrogen and oxygen atoms in total. The third kappa shape index (κ3) is 4.07. The second-order valence-corrected chi connectivity index (χ2v) is 15.0. The minimum absolute atomic E-state index is 0.174. The average molecular weight is 659 g/mol. The molecular formula is C47H34N2S. The van der Waals surface area contributed by atoms with Crippen molar-refractivity contribution >= 4 is 22.8 Å². The zero-order valence-electron chi connectivity index (χ0n) is 28.0. The summed E-state index contributed by atoms with van der Waals surface area (Å²) in [7, 11) is 0. The standard InChI is InChI=1S/C47H34N2S/c1-46(2)35-19-6-7-20-37(35)47(38-21-8-12-25-43(38)50-44-26-13-9-22-39(44)47)40-30-32(27-28-36(40)46)31-15-14-16-33(29-31)45-48-41-23-10-11-24-42(41)49(45)34-17-4-3-5-18-34/h3-30H,1-2H3. The normalized spacial score (nSPS) is 14.8. The molecule has 10 rings (SSSR count). The summed E-state index contributed by atoms with van der Waals surface area (Å²) in [4.78, 5) is 7.82. The monoisotopic (exact) mass is 658 g/mol. The Morgan fingerprint density at radius 1 is 0.460 bits per heavy atom. The fraction of sp³-hybridized carbons (Fsp3) is 0.0851. The highest BCUT2D eigenvalue weighted by molar-refractivity contribution is 7.99. The molecule has 0 radical (unpaired) electrons. The fourth-order valence-electron chi connectivity index (χ4n) is 8.70. The molecule has 0 amide bonds. The van der Waals surface area contributed by atoms with E-state index in [1.807, 2.05) is 11.8 Å². The molecule has 1 aromatic heterocycles. The third-order valence-electron chi connectivity index (χ3n) is 10.9. The highest BCUT2D eigenvalue weighted by Crippen LogP contribution is 2.61. The van der Waals surface area contributed by atoms with Gasteiger partial charge in [-0.2, -0.15) is 0 Å². The lowest BCUT2D eigenvalue weighted by Crippen LogP contribution is -2.43. The second-order valence-electron chi connectivity index (χ2n) is 14.0. The van der Waals surface area contributed by atoms with Crippen molar-refractivity contribution in [3.63, 3.8) is 0 Å². The molecule has 0 N–H and O–H groups in total. The number of imidazole rings is 1. The Morgan fingerprint density at radius 2 is 1.04 bits per heavy atom. The molecule has 2 heterocycles. The maximum Gasteiger partial charge on any atom is 0.145 e. The Morgan fingerprint density at radius 3 is 1.80 bits per heavy atom. The van der Waals surface area contributed by atoms with E-state index in [4.69, 9.17) is 4.98 Å². The molecule has 238 valence electrons. The van der Waals surface area contributed by atoms with Crippen LogP contribution in [0.2, 0.25) is 0 Å². The number of aromatic nitrogens is 2. The first-order chi connectivity index (χ1) is 24.5. The zero-order valence-corrected chi connectivity index (χ0v) is 28.8. The van der Waals surface area contributed by atoms with Crippen LogP contribution in [0.15, 0.2) is 180 Å². The molecule has 0 fully saturated rings. The predicted octanol–water partition coefficient (Wildman–Crippen LogP) is 11.8. The maximum atomic E-state index is 5.19. The summed E-state index contributed by atoms with van der Waals surface area (Å²) in [5.74, 6) is 0.941. The van der Waals surface area contributed by atoms with Gasteiger partial charge in [-0.05, 0) is 93.0 Å². The van der Waals surface area contributed by atoms with Crippen molar-refractivity contribution in [1.82, 2.24) is 9.55 Å². The molecule has 0 atom stereocenters. The molecule has 1 spiro atoms. The van der Waals surface area contributed by atoms with Gasteiger partial charge in [-0.3, -0.25) is 4.57 Å². The number of benzene rings is 7. The van der Waals surface area contributed by atoms with Gasteiger partial charge >= 0.3 is 0 Å². The lowest BCUT2D eigenvalue weighted by atomic mass is 9.54. The van der Waals surface area contributed by atoms with Gasteiger partial charge in [-0.15, -0.1) is 0 Å². The summed E-state index contributed by atoms with van der Waals surface area (Å²) >= 11 is 1.89. The molecule has 50 heavy (non-hydrogen) atoms. The van der Waals surface area contributed by atoms with Crippen LogP contribution in [0.1, 0.15) is 47.2 Å². The van der Waals surface area contributed by atoms with Crippen molar-refractivity contribution < 1.29 is 0 Å². The van der Waals surface area contributed by atoms with Crippen LogP contribution >= 0.6 is 11.8 Å². The van der Waals surface area contributed by atoms with Crippen molar-refractivity contribution in [3.8, 4) is 28.2 Å². The van der Waals surface area contributed by atoms with E-state index in [9.17, 15) is 0 Å². The first-order valence-electron chi connectivity index (χ1n) is 17.3. The molecular weight excluding hydrogens is 625 g/mol. The van der Waals surface area contributed by atoms with Crippen molar-refractivity contribution in [3.05, 3.63) is 203 Å². The highest BCUT2D eigenvalue weighted by Gasteiger charge is 2.52. The lowest BCUT2D eigenvalue weighted by Gasteiger charge is -2.50.